The average Bonchev–Trinajstić information content (AvgIpc) is 3.47. The van der Waals surface area contributed by atoms with E-state index in [4.69, 9.17) is 14.2 Å². The summed E-state index contributed by atoms with van der Waals surface area (Å²) >= 11 is 0. The molecule has 0 amide bonds. The standard InChI is InChI=1S/C24H26N6O6S/c1-4-36-19-10-5-7-15(26-19)22-28-21-23(30(22)20-16(34-2)8-6-9-17(20)35-3)25-13-18(27-21)29-37(32,33)14-24(31)11-12-24/h5-10,13,31H,4,11-12,14H2,1-3H3,(H,27,29). The number of nitrogens with zero attached hydrogens (tertiary/aromatic N) is 5. The maximum atomic E-state index is 12.6. The van der Waals surface area contributed by atoms with E-state index >= 15 is 0 Å². The van der Waals surface area contributed by atoms with Gasteiger partial charge in [-0.3, -0.25) is 9.29 Å². The molecule has 37 heavy (non-hydrogen) atoms. The largest absolute Gasteiger partial charge is 0.494 e. The predicted molar refractivity (Wildman–Crippen MR) is 136 cm³/mol. The van der Waals surface area contributed by atoms with Gasteiger partial charge >= 0.3 is 0 Å². The highest BCUT2D eigenvalue weighted by atomic mass is 32.2. The molecule has 1 fully saturated rings. The highest BCUT2D eigenvalue weighted by molar-refractivity contribution is 7.92. The van der Waals surface area contributed by atoms with E-state index in [0.29, 0.717) is 59.7 Å². The van der Waals surface area contributed by atoms with Crippen molar-refractivity contribution >= 4 is 27.1 Å². The number of pyridine rings is 1. The quantitative estimate of drug-likeness (QED) is 0.315. The zero-order valence-electron chi connectivity index (χ0n) is 20.5. The van der Waals surface area contributed by atoms with E-state index in [1.165, 1.54) is 20.4 Å². The number of anilines is 1. The number of hydrogen-bond acceptors (Lipinski definition) is 10. The summed E-state index contributed by atoms with van der Waals surface area (Å²) in [6, 6.07) is 10.6. The molecule has 1 aromatic carbocycles. The van der Waals surface area contributed by atoms with Crippen LogP contribution in [0, 0.1) is 0 Å². The number of methoxy groups -OCH3 is 2. The van der Waals surface area contributed by atoms with Gasteiger partial charge in [-0.1, -0.05) is 12.1 Å². The lowest BCUT2D eigenvalue weighted by Gasteiger charge is -2.16. The molecule has 0 aliphatic heterocycles. The Morgan fingerprint density at radius 1 is 1.05 bits per heavy atom. The minimum absolute atomic E-state index is 0.0176. The molecule has 0 atom stereocenters. The maximum absolute atomic E-state index is 12.6. The molecule has 1 aliphatic rings. The number of hydrogen-bond donors (Lipinski definition) is 2. The predicted octanol–water partition coefficient (Wildman–Crippen LogP) is 2.56. The lowest BCUT2D eigenvalue weighted by atomic mass is 10.2. The topological polar surface area (TPSA) is 151 Å². The third-order valence-corrected chi connectivity index (χ3v) is 7.22. The Morgan fingerprint density at radius 2 is 1.76 bits per heavy atom. The molecule has 0 unspecified atom stereocenters. The van der Waals surface area contributed by atoms with E-state index < -0.39 is 21.4 Å². The molecule has 1 saturated carbocycles. The highest BCUT2D eigenvalue weighted by Gasteiger charge is 2.44. The van der Waals surface area contributed by atoms with Gasteiger partial charge in [-0.15, -0.1) is 0 Å². The first kappa shape index (κ1) is 24.7. The summed E-state index contributed by atoms with van der Waals surface area (Å²) in [5.41, 5.74) is 0.293. The van der Waals surface area contributed by atoms with Crippen molar-refractivity contribution in [3.63, 3.8) is 0 Å². The number of para-hydroxylation sites is 1. The second kappa shape index (κ2) is 9.48. The van der Waals surface area contributed by atoms with Crippen LogP contribution in [0.5, 0.6) is 17.4 Å². The van der Waals surface area contributed by atoms with Crippen LogP contribution in [-0.4, -0.2) is 70.2 Å². The van der Waals surface area contributed by atoms with Crippen LogP contribution in [0.1, 0.15) is 19.8 Å². The fourth-order valence-electron chi connectivity index (χ4n) is 3.95. The van der Waals surface area contributed by atoms with Crippen molar-refractivity contribution in [2.75, 3.05) is 31.3 Å². The highest BCUT2D eigenvalue weighted by Crippen LogP contribution is 2.38. The Kier molecular flexibility index (Phi) is 6.33. The number of aliphatic hydroxyl groups is 1. The third-order valence-electron chi connectivity index (χ3n) is 5.79. The van der Waals surface area contributed by atoms with Crippen molar-refractivity contribution in [1.29, 1.82) is 0 Å². The van der Waals surface area contributed by atoms with Gasteiger partial charge in [0.2, 0.25) is 15.9 Å². The van der Waals surface area contributed by atoms with Crippen LogP contribution in [0.25, 0.3) is 28.5 Å². The first-order valence-corrected chi connectivity index (χ1v) is 13.2. The van der Waals surface area contributed by atoms with Gasteiger partial charge in [0.15, 0.2) is 22.9 Å². The van der Waals surface area contributed by atoms with Crippen LogP contribution < -0.4 is 18.9 Å². The number of benzene rings is 1. The summed E-state index contributed by atoms with van der Waals surface area (Å²) in [7, 11) is -0.767. The Balaban J connectivity index is 1.68. The normalized spacial score (nSPS) is 14.4. The smallest absolute Gasteiger partial charge is 0.236 e. The summed E-state index contributed by atoms with van der Waals surface area (Å²) in [6.07, 6.45) is 2.19. The number of imidazole rings is 1. The van der Waals surface area contributed by atoms with Crippen molar-refractivity contribution in [2.45, 2.75) is 25.4 Å². The van der Waals surface area contributed by atoms with Gasteiger partial charge in [0.05, 0.1) is 38.4 Å². The van der Waals surface area contributed by atoms with Crippen LogP contribution in [0.4, 0.5) is 5.82 Å². The molecule has 1 aliphatic carbocycles. The molecule has 12 nitrogen and oxygen atoms in total. The Hall–Kier alpha value is -3.97. The van der Waals surface area contributed by atoms with E-state index in [1.807, 2.05) is 6.92 Å². The van der Waals surface area contributed by atoms with Crippen LogP contribution in [0.2, 0.25) is 0 Å². The van der Waals surface area contributed by atoms with Gasteiger partial charge < -0.3 is 19.3 Å². The number of aromatic nitrogens is 5. The van der Waals surface area contributed by atoms with Crippen molar-refractivity contribution in [1.82, 2.24) is 24.5 Å². The van der Waals surface area contributed by atoms with E-state index in [9.17, 15) is 13.5 Å². The fourth-order valence-corrected chi connectivity index (χ4v) is 5.43. The monoisotopic (exact) mass is 526 g/mol. The van der Waals surface area contributed by atoms with E-state index in [-0.39, 0.29) is 11.5 Å². The number of nitrogens with one attached hydrogen (secondary N) is 1. The molecule has 0 radical (unpaired) electrons. The summed E-state index contributed by atoms with van der Waals surface area (Å²) in [5.74, 6) is 1.34. The molecule has 0 bridgehead atoms. The van der Waals surface area contributed by atoms with Gasteiger partial charge in [0.25, 0.3) is 0 Å². The second-order valence-corrected chi connectivity index (χ2v) is 10.3. The molecule has 0 saturated heterocycles. The Bertz CT molecular complexity index is 1550. The lowest BCUT2D eigenvalue weighted by molar-refractivity contribution is 0.175. The van der Waals surface area contributed by atoms with Crippen LogP contribution in [-0.2, 0) is 10.0 Å². The van der Waals surface area contributed by atoms with E-state index in [0.717, 1.165) is 0 Å². The van der Waals surface area contributed by atoms with E-state index in [2.05, 4.69) is 24.7 Å². The summed E-state index contributed by atoms with van der Waals surface area (Å²) in [5, 5.41) is 10.1. The second-order valence-electron chi connectivity index (χ2n) is 8.56. The number of rotatable bonds is 10. The number of ether oxygens (including phenoxy) is 3. The van der Waals surface area contributed by atoms with Gasteiger partial charge in [-0.05, 0) is 38.0 Å². The molecule has 194 valence electrons. The molecule has 3 aromatic heterocycles. The third kappa shape index (κ3) is 5.00. The fraction of sp³-hybridized carbons (Fsp3) is 0.333. The van der Waals surface area contributed by atoms with E-state index in [1.54, 1.807) is 41.0 Å². The maximum Gasteiger partial charge on any atom is 0.236 e. The Morgan fingerprint density at radius 3 is 2.41 bits per heavy atom. The first-order valence-electron chi connectivity index (χ1n) is 11.6. The van der Waals surface area contributed by atoms with Crippen LogP contribution >= 0.6 is 0 Å². The first-order chi connectivity index (χ1) is 17.8. The zero-order valence-corrected chi connectivity index (χ0v) is 21.3. The molecule has 13 heteroatoms. The molecular weight excluding hydrogens is 500 g/mol. The summed E-state index contributed by atoms with van der Waals surface area (Å²) in [6.45, 7) is 2.30. The minimum atomic E-state index is -3.85. The van der Waals surface area contributed by atoms with Gasteiger partial charge in [-0.25, -0.2) is 28.4 Å². The summed E-state index contributed by atoms with van der Waals surface area (Å²) < 4.78 is 46.0. The van der Waals surface area contributed by atoms with Crippen molar-refractivity contribution < 1.29 is 27.7 Å². The van der Waals surface area contributed by atoms with Gasteiger partial charge in [0.1, 0.15) is 22.9 Å². The lowest BCUT2D eigenvalue weighted by Crippen LogP contribution is -2.27. The zero-order chi connectivity index (χ0) is 26.2. The SMILES string of the molecule is CCOc1cccc(-c2nc3nc(NS(=O)(=O)CC4(O)CC4)cnc3n2-c2c(OC)cccc2OC)n1. The molecule has 4 aromatic rings. The number of sulfonamides is 1. The minimum Gasteiger partial charge on any atom is -0.494 e. The molecule has 3 heterocycles. The molecule has 5 rings (SSSR count). The van der Waals surface area contributed by atoms with Crippen molar-refractivity contribution in [2.24, 2.45) is 0 Å². The molecule has 2 N–H and O–H groups in total. The molecular formula is C24H26N6O6S. The van der Waals surface area contributed by atoms with Crippen LogP contribution in [0.15, 0.2) is 42.6 Å². The van der Waals surface area contributed by atoms with Gasteiger partial charge in [0, 0.05) is 6.07 Å². The summed E-state index contributed by atoms with van der Waals surface area (Å²) in [4.78, 5) is 18.1. The van der Waals surface area contributed by atoms with Gasteiger partial charge in [-0.2, -0.15) is 0 Å². The van der Waals surface area contributed by atoms with Crippen molar-refractivity contribution in [3.8, 4) is 34.6 Å². The van der Waals surface area contributed by atoms with Crippen LogP contribution in [0.3, 0.4) is 0 Å². The van der Waals surface area contributed by atoms with Crippen molar-refractivity contribution in [3.05, 3.63) is 42.6 Å². The number of fused-ring (bicyclic) bond motifs is 1. The average molecular weight is 527 g/mol. The molecule has 0 spiro atoms. The Labute approximate surface area is 213 Å².